The van der Waals surface area contributed by atoms with Crippen LogP contribution < -0.4 is 0 Å². The first-order valence-electron chi connectivity index (χ1n) is 13.1. The summed E-state index contributed by atoms with van der Waals surface area (Å²) in [6.07, 6.45) is 7.17. The first-order chi connectivity index (χ1) is 18.2. The number of hydrogen-bond donors (Lipinski definition) is 1. The lowest BCUT2D eigenvalue weighted by Crippen LogP contribution is -2.11. The number of aryl methyl sites for hydroxylation is 2. The molecule has 2 aliphatic carbocycles. The van der Waals surface area contributed by atoms with Crippen molar-refractivity contribution in [3.63, 3.8) is 0 Å². The summed E-state index contributed by atoms with van der Waals surface area (Å²) in [7, 11) is 0. The van der Waals surface area contributed by atoms with Crippen molar-refractivity contribution in [2.45, 2.75) is 71.3 Å². The fraction of sp³-hybridized carbons (Fsp3) is 0.433. The molecule has 1 atom stereocenters. The van der Waals surface area contributed by atoms with Crippen LogP contribution in [0.4, 0.5) is 17.6 Å². The molecule has 2 aromatic heterocycles. The Kier molecular flexibility index (Phi) is 7.36. The van der Waals surface area contributed by atoms with Gasteiger partial charge < -0.3 is 13.9 Å². The number of hydrogen-bond acceptors (Lipinski definition) is 4. The molecule has 0 saturated heterocycles. The monoisotopic (exact) mass is 530 g/mol. The second-order valence-corrected chi connectivity index (χ2v) is 10.5. The normalized spacial score (nSPS) is 17.3. The molecule has 1 N–H and O–H groups in total. The molecule has 4 nitrogen and oxygen atoms in total. The zero-order valence-electron chi connectivity index (χ0n) is 21.4. The lowest BCUT2D eigenvalue weighted by atomic mass is 9.96. The van der Waals surface area contributed by atoms with Gasteiger partial charge >= 0.3 is 0 Å². The van der Waals surface area contributed by atoms with Gasteiger partial charge in [-0.15, -0.1) is 0 Å². The lowest BCUT2D eigenvalue weighted by molar-refractivity contribution is 0.0893. The maximum atomic E-state index is 13.7. The zero-order valence-corrected chi connectivity index (χ0v) is 21.4. The summed E-state index contributed by atoms with van der Waals surface area (Å²) in [4.78, 5) is 12.3. The van der Waals surface area contributed by atoms with Crippen LogP contribution in [0, 0.1) is 49.0 Å². The van der Waals surface area contributed by atoms with Crippen molar-refractivity contribution in [2.75, 3.05) is 0 Å². The van der Waals surface area contributed by atoms with Gasteiger partial charge in [0.15, 0.2) is 28.6 Å². The summed E-state index contributed by atoms with van der Waals surface area (Å²) in [5, 5.41) is 11.1. The highest BCUT2D eigenvalue weighted by molar-refractivity contribution is 6.01. The number of fused-ring (bicyclic) bond motifs is 2. The van der Waals surface area contributed by atoms with Crippen LogP contribution >= 0.6 is 0 Å². The van der Waals surface area contributed by atoms with Crippen molar-refractivity contribution in [1.82, 2.24) is 0 Å². The van der Waals surface area contributed by atoms with Crippen molar-refractivity contribution < 1.29 is 36.3 Å². The highest BCUT2D eigenvalue weighted by Crippen LogP contribution is 2.40. The number of halogens is 4. The van der Waals surface area contributed by atoms with E-state index < -0.39 is 29.4 Å². The first-order valence-corrected chi connectivity index (χ1v) is 13.1. The Morgan fingerprint density at radius 1 is 0.789 bits per heavy atom. The summed E-state index contributed by atoms with van der Waals surface area (Å²) in [6.45, 7) is 3.41. The molecule has 8 heteroatoms. The molecule has 38 heavy (non-hydrogen) atoms. The Bertz CT molecular complexity index is 1490. The number of furan rings is 2. The number of aliphatic hydroxyl groups excluding tert-OH is 1. The second kappa shape index (κ2) is 10.6. The van der Waals surface area contributed by atoms with Crippen LogP contribution in [-0.2, 0) is 0 Å². The maximum Gasteiger partial charge on any atom is 0.201 e. The average molecular weight is 531 g/mol. The van der Waals surface area contributed by atoms with Gasteiger partial charge in [-0.25, -0.2) is 17.6 Å². The predicted molar refractivity (Wildman–Crippen MR) is 135 cm³/mol. The standard InChI is InChI=1S/C15H16F2O2.C15H14F2O2/c2*1-8-11-6-10(16)7-12(17)15(11)19-14(8)13(18)9-4-2-3-5-9/h6-7,9,13,18H,2-5H2,1H3;6-7,9H,2-5H2,1H3. The van der Waals surface area contributed by atoms with Gasteiger partial charge in [0.05, 0.1) is 0 Å². The van der Waals surface area contributed by atoms with Crippen molar-refractivity contribution in [3.8, 4) is 0 Å². The molecular formula is C30H30F4O4. The maximum absolute atomic E-state index is 13.7. The highest BCUT2D eigenvalue weighted by Gasteiger charge is 2.30. The van der Waals surface area contributed by atoms with E-state index in [1.54, 1.807) is 13.8 Å². The fourth-order valence-corrected chi connectivity index (χ4v) is 5.88. The lowest BCUT2D eigenvalue weighted by Gasteiger charge is -2.15. The number of Topliss-reactive ketones (excluding diaryl/α,β-unsaturated/α-hetero) is 1. The molecule has 0 amide bonds. The Hall–Kier alpha value is -3.13. The Morgan fingerprint density at radius 3 is 1.87 bits per heavy atom. The van der Waals surface area contributed by atoms with Gasteiger partial charge in [-0.1, -0.05) is 25.7 Å². The van der Waals surface area contributed by atoms with Gasteiger partial charge in [0.1, 0.15) is 23.5 Å². The summed E-state index contributed by atoms with van der Waals surface area (Å²) >= 11 is 0. The molecule has 0 radical (unpaired) electrons. The van der Waals surface area contributed by atoms with E-state index in [0.717, 1.165) is 63.5 Å². The van der Waals surface area contributed by atoms with Crippen LogP contribution in [0.1, 0.15) is 84.9 Å². The van der Waals surface area contributed by atoms with Gasteiger partial charge in [-0.2, -0.15) is 0 Å². The minimum Gasteiger partial charge on any atom is -0.455 e. The van der Waals surface area contributed by atoms with E-state index in [4.69, 9.17) is 8.83 Å². The Balaban J connectivity index is 0.000000155. The molecular weight excluding hydrogens is 500 g/mol. The molecule has 2 aliphatic rings. The third-order valence-electron chi connectivity index (χ3n) is 8.02. The summed E-state index contributed by atoms with van der Waals surface area (Å²) in [6, 6.07) is 4.04. The number of ketones is 1. The van der Waals surface area contributed by atoms with E-state index >= 15 is 0 Å². The third kappa shape index (κ3) is 4.86. The minimum absolute atomic E-state index is 0.0275. The number of aliphatic hydroxyl groups is 1. The molecule has 6 rings (SSSR count). The van der Waals surface area contributed by atoms with Gasteiger partial charge in [0, 0.05) is 39.9 Å². The zero-order chi connectivity index (χ0) is 27.1. The van der Waals surface area contributed by atoms with Crippen LogP contribution in [0.25, 0.3) is 21.9 Å². The van der Waals surface area contributed by atoms with E-state index in [2.05, 4.69) is 0 Å². The minimum atomic E-state index is -0.761. The van der Waals surface area contributed by atoms with Gasteiger partial charge in [0.2, 0.25) is 5.78 Å². The second-order valence-electron chi connectivity index (χ2n) is 10.5. The third-order valence-corrected chi connectivity index (χ3v) is 8.02. The van der Waals surface area contributed by atoms with Gasteiger partial charge in [-0.3, -0.25) is 4.79 Å². The molecule has 2 aromatic carbocycles. The molecule has 2 heterocycles. The Labute approximate surface area is 217 Å². The van der Waals surface area contributed by atoms with Gasteiger partial charge in [0.25, 0.3) is 0 Å². The number of carbonyl (C=O) groups excluding carboxylic acids is 1. The smallest absolute Gasteiger partial charge is 0.201 e. The summed E-state index contributed by atoms with van der Waals surface area (Å²) < 4.78 is 64.6. The quantitative estimate of drug-likeness (QED) is 0.212. The van der Waals surface area contributed by atoms with E-state index in [1.807, 2.05) is 0 Å². The molecule has 0 spiro atoms. The largest absolute Gasteiger partial charge is 0.455 e. The van der Waals surface area contributed by atoms with E-state index in [1.165, 1.54) is 12.1 Å². The Morgan fingerprint density at radius 2 is 1.29 bits per heavy atom. The molecule has 0 bridgehead atoms. The molecule has 4 aromatic rings. The van der Waals surface area contributed by atoms with Crippen LogP contribution in [0.2, 0.25) is 0 Å². The van der Waals surface area contributed by atoms with Crippen molar-refractivity contribution in [1.29, 1.82) is 0 Å². The van der Waals surface area contributed by atoms with E-state index in [-0.39, 0.29) is 34.5 Å². The van der Waals surface area contributed by atoms with Crippen LogP contribution in [0.15, 0.2) is 33.1 Å². The first kappa shape index (κ1) is 26.5. The number of benzene rings is 2. The van der Waals surface area contributed by atoms with Crippen molar-refractivity contribution >= 4 is 27.7 Å². The summed E-state index contributed by atoms with van der Waals surface area (Å²) in [5.41, 5.74) is 1.17. The summed E-state index contributed by atoms with van der Waals surface area (Å²) in [5.74, 6) is -2.15. The van der Waals surface area contributed by atoms with Crippen LogP contribution in [0.5, 0.6) is 0 Å². The molecule has 2 fully saturated rings. The topological polar surface area (TPSA) is 63.6 Å². The molecule has 0 aliphatic heterocycles. The van der Waals surface area contributed by atoms with Crippen LogP contribution in [0.3, 0.4) is 0 Å². The molecule has 1 unspecified atom stereocenters. The molecule has 202 valence electrons. The SMILES string of the molecule is Cc1c(C(=O)C2CCCC2)oc2c(F)cc(F)cc12.Cc1c(C(O)C2CCCC2)oc2c(F)cc(F)cc12. The van der Waals surface area contributed by atoms with E-state index in [0.29, 0.717) is 27.7 Å². The number of rotatable bonds is 4. The highest BCUT2D eigenvalue weighted by atomic mass is 19.1. The van der Waals surface area contributed by atoms with E-state index in [9.17, 15) is 27.5 Å². The van der Waals surface area contributed by atoms with Crippen LogP contribution in [-0.4, -0.2) is 10.9 Å². The number of carbonyl (C=O) groups is 1. The van der Waals surface area contributed by atoms with Crippen molar-refractivity contribution in [3.05, 3.63) is 70.2 Å². The fourth-order valence-electron chi connectivity index (χ4n) is 5.88. The van der Waals surface area contributed by atoms with Crippen molar-refractivity contribution in [2.24, 2.45) is 11.8 Å². The predicted octanol–water partition coefficient (Wildman–Crippen LogP) is 8.64. The van der Waals surface area contributed by atoms with Gasteiger partial charge in [-0.05, 0) is 57.6 Å². The average Bonchev–Trinajstić information content (AvgIpc) is 3.68. The molecule has 2 saturated carbocycles.